The molecule has 0 radical (unpaired) electrons. The molecule has 0 N–H and O–H groups in total. The first-order valence-electron chi connectivity index (χ1n) is 9.39. The summed E-state index contributed by atoms with van der Waals surface area (Å²) in [7, 11) is 0. The molecule has 1 aliphatic rings. The van der Waals surface area contributed by atoms with E-state index in [1.165, 1.54) is 37.8 Å². The summed E-state index contributed by atoms with van der Waals surface area (Å²) in [5.74, 6) is -2.84. The molecule has 140 valence electrons. The van der Waals surface area contributed by atoms with Crippen LogP contribution in [0.2, 0.25) is 0 Å². The monoisotopic (exact) mass is 354 g/mol. The van der Waals surface area contributed by atoms with Gasteiger partial charge in [-0.1, -0.05) is 32.6 Å². The van der Waals surface area contributed by atoms with Crippen LogP contribution in [-0.2, 0) is 4.79 Å². The Kier molecular flexibility index (Phi) is 7.66. The molecule has 0 amide bonds. The van der Waals surface area contributed by atoms with Gasteiger partial charge in [-0.3, -0.25) is 4.79 Å². The van der Waals surface area contributed by atoms with Gasteiger partial charge >= 0.3 is 5.97 Å². The number of rotatable bonds is 8. The van der Waals surface area contributed by atoms with E-state index in [0.29, 0.717) is 5.92 Å². The molecule has 1 aromatic rings. The maximum absolute atomic E-state index is 14.0. The lowest BCUT2D eigenvalue weighted by Crippen LogP contribution is -2.26. The Morgan fingerprint density at radius 3 is 2.32 bits per heavy atom. The number of benzene rings is 1. The van der Waals surface area contributed by atoms with E-state index >= 15 is 0 Å². The van der Waals surface area contributed by atoms with Crippen LogP contribution in [-0.4, -0.2) is 12.6 Å². The second kappa shape index (κ2) is 9.73. The molecule has 0 saturated heterocycles. The van der Waals surface area contributed by atoms with Crippen LogP contribution in [0.4, 0.5) is 8.78 Å². The van der Waals surface area contributed by atoms with Gasteiger partial charge in [-0.2, -0.15) is 8.78 Å². The summed E-state index contributed by atoms with van der Waals surface area (Å²) >= 11 is 0. The normalized spacial score (nSPS) is 20.3. The fourth-order valence-corrected chi connectivity index (χ4v) is 3.42. The molecule has 1 aliphatic carbocycles. The molecule has 25 heavy (non-hydrogen) atoms. The van der Waals surface area contributed by atoms with E-state index in [9.17, 15) is 13.6 Å². The quantitative estimate of drug-likeness (QED) is 0.343. The van der Waals surface area contributed by atoms with Crippen molar-refractivity contribution in [2.75, 3.05) is 6.61 Å². The van der Waals surface area contributed by atoms with Gasteiger partial charge in [0.25, 0.3) is 0 Å². The highest BCUT2D eigenvalue weighted by molar-refractivity contribution is 5.75. The zero-order chi connectivity index (χ0) is 18.2. The van der Waals surface area contributed by atoms with E-state index in [1.807, 2.05) is 0 Å². The highest BCUT2D eigenvalue weighted by atomic mass is 19.2. The van der Waals surface area contributed by atoms with Crippen LogP contribution in [0.3, 0.4) is 0 Å². The van der Waals surface area contributed by atoms with Crippen molar-refractivity contribution in [2.45, 2.75) is 65.2 Å². The van der Waals surface area contributed by atoms with Crippen LogP contribution in [0.1, 0.15) is 65.2 Å². The summed E-state index contributed by atoms with van der Waals surface area (Å²) in [6, 6.07) is 2.53. The van der Waals surface area contributed by atoms with E-state index in [2.05, 4.69) is 6.92 Å². The predicted octanol–water partition coefficient (Wildman–Crippen LogP) is 5.66. The van der Waals surface area contributed by atoms with Gasteiger partial charge in [0.1, 0.15) is 0 Å². The Labute approximate surface area is 148 Å². The first kappa shape index (κ1) is 19.7. The highest BCUT2D eigenvalue weighted by Crippen LogP contribution is 2.34. The van der Waals surface area contributed by atoms with Gasteiger partial charge in [0.15, 0.2) is 11.5 Å². The van der Waals surface area contributed by atoms with Crippen LogP contribution >= 0.6 is 0 Å². The van der Waals surface area contributed by atoms with Crippen LogP contribution < -0.4 is 9.47 Å². The maximum atomic E-state index is 14.0. The van der Waals surface area contributed by atoms with Crippen molar-refractivity contribution in [3.63, 3.8) is 0 Å². The summed E-state index contributed by atoms with van der Waals surface area (Å²) in [6.45, 7) is 4.11. The molecule has 0 atom stereocenters. The maximum Gasteiger partial charge on any atom is 0.314 e. The molecule has 0 bridgehead atoms. The van der Waals surface area contributed by atoms with Crippen LogP contribution in [0.25, 0.3) is 0 Å². The van der Waals surface area contributed by atoms with E-state index in [4.69, 9.17) is 9.47 Å². The number of hydrogen-bond acceptors (Lipinski definition) is 3. The van der Waals surface area contributed by atoms with Crippen molar-refractivity contribution in [3.05, 3.63) is 23.8 Å². The Morgan fingerprint density at radius 2 is 1.68 bits per heavy atom. The third kappa shape index (κ3) is 5.41. The summed E-state index contributed by atoms with van der Waals surface area (Å²) in [5, 5.41) is 0. The molecule has 0 aromatic heterocycles. The Bertz CT molecular complexity index is 566. The minimum atomic E-state index is -1.17. The van der Waals surface area contributed by atoms with Crippen molar-refractivity contribution in [1.29, 1.82) is 0 Å². The number of esters is 1. The van der Waals surface area contributed by atoms with Crippen molar-refractivity contribution in [1.82, 2.24) is 0 Å². The second-order valence-corrected chi connectivity index (χ2v) is 6.76. The van der Waals surface area contributed by atoms with Gasteiger partial charge < -0.3 is 9.47 Å². The van der Waals surface area contributed by atoms with E-state index < -0.39 is 17.6 Å². The van der Waals surface area contributed by atoms with E-state index in [0.717, 1.165) is 25.7 Å². The summed E-state index contributed by atoms with van der Waals surface area (Å²) in [6.07, 6.45) is 8.46. The fraction of sp³-hybridized carbons (Fsp3) is 0.650. The molecule has 1 fully saturated rings. The van der Waals surface area contributed by atoms with Gasteiger partial charge in [0.2, 0.25) is 11.6 Å². The average Bonchev–Trinajstić information content (AvgIpc) is 2.62. The van der Waals surface area contributed by atoms with E-state index in [1.54, 1.807) is 6.92 Å². The summed E-state index contributed by atoms with van der Waals surface area (Å²) in [5.41, 5.74) is 0. The predicted molar refractivity (Wildman–Crippen MR) is 92.8 cm³/mol. The third-order valence-corrected chi connectivity index (χ3v) is 4.92. The second-order valence-electron chi connectivity index (χ2n) is 6.76. The van der Waals surface area contributed by atoms with Gasteiger partial charge in [-0.05, 0) is 50.7 Å². The van der Waals surface area contributed by atoms with Gasteiger partial charge in [0, 0.05) is 0 Å². The molecule has 3 nitrogen and oxygen atoms in total. The molecule has 0 aliphatic heterocycles. The van der Waals surface area contributed by atoms with Crippen LogP contribution in [0.5, 0.6) is 11.5 Å². The number of unbranched alkanes of at least 4 members (excludes halogenated alkanes) is 2. The molecule has 1 aromatic carbocycles. The third-order valence-electron chi connectivity index (χ3n) is 4.92. The molecular weight excluding hydrogens is 326 g/mol. The van der Waals surface area contributed by atoms with E-state index in [-0.39, 0.29) is 24.0 Å². The summed E-state index contributed by atoms with van der Waals surface area (Å²) in [4.78, 5) is 12.3. The molecule has 2 rings (SSSR count). The molecular formula is C20H28F2O3. The van der Waals surface area contributed by atoms with Crippen molar-refractivity contribution in [3.8, 4) is 11.5 Å². The Balaban J connectivity index is 1.87. The molecule has 5 heteroatoms. The first-order valence-corrected chi connectivity index (χ1v) is 9.39. The van der Waals surface area contributed by atoms with Gasteiger partial charge in [-0.25, -0.2) is 0 Å². The molecule has 1 saturated carbocycles. The van der Waals surface area contributed by atoms with Crippen LogP contribution in [0.15, 0.2) is 12.1 Å². The molecule has 0 unspecified atom stereocenters. The van der Waals surface area contributed by atoms with Crippen molar-refractivity contribution >= 4 is 5.97 Å². The lowest BCUT2D eigenvalue weighted by Gasteiger charge is -2.27. The average molecular weight is 354 g/mol. The zero-order valence-corrected chi connectivity index (χ0v) is 15.2. The lowest BCUT2D eigenvalue weighted by molar-refractivity contribution is -0.140. The largest absolute Gasteiger partial charge is 0.491 e. The van der Waals surface area contributed by atoms with Crippen LogP contribution in [0, 0.1) is 23.5 Å². The minimum Gasteiger partial charge on any atom is -0.491 e. The number of halogens is 2. The Morgan fingerprint density at radius 1 is 1.04 bits per heavy atom. The van der Waals surface area contributed by atoms with Crippen molar-refractivity contribution in [2.24, 2.45) is 11.8 Å². The summed E-state index contributed by atoms with van der Waals surface area (Å²) < 4.78 is 38.0. The standard InChI is InChI=1S/C20H28F2O3/c1-3-5-6-7-14-8-10-15(11-9-14)20(23)25-17-13-12-16(24-4-2)18(21)19(17)22/h12-15H,3-11H2,1-2H3/t14-,15-. The Hall–Kier alpha value is -1.65. The number of carbonyl (C=O) groups excluding carboxylic acids is 1. The lowest BCUT2D eigenvalue weighted by atomic mass is 9.80. The topological polar surface area (TPSA) is 35.5 Å². The fourth-order valence-electron chi connectivity index (χ4n) is 3.42. The van der Waals surface area contributed by atoms with Gasteiger partial charge in [-0.15, -0.1) is 0 Å². The smallest absolute Gasteiger partial charge is 0.314 e. The number of ether oxygens (including phenoxy) is 2. The number of carbonyl (C=O) groups is 1. The number of hydrogen-bond donors (Lipinski definition) is 0. The van der Waals surface area contributed by atoms with Crippen molar-refractivity contribution < 1.29 is 23.0 Å². The minimum absolute atomic E-state index is 0.174. The van der Waals surface area contributed by atoms with Gasteiger partial charge in [0.05, 0.1) is 12.5 Å². The molecule has 0 heterocycles. The highest BCUT2D eigenvalue weighted by Gasteiger charge is 2.28. The zero-order valence-electron chi connectivity index (χ0n) is 15.2. The molecule has 0 spiro atoms. The first-order chi connectivity index (χ1) is 12.1. The SMILES string of the molecule is CCCCC[C@H]1CC[C@H](C(=O)Oc2ccc(OCC)c(F)c2F)CC1.